The van der Waals surface area contributed by atoms with Crippen LogP contribution in [0.2, 0.25) is 0 Å². The van der Waals surface area contributed by atoms with Gasteiger partial charge in [0.05, 0.1) is 23.6 Å². The summed E-state index contributed by atoms with van der Waals surface area (Å²) in [6, 6.07) is 0. The molecule has 0 spiro atoms. The molecular formula is C17H15F6NO7. The highest BCUT2D eigenvalue weighted by molar-refractivity contribution is 6.22. The fourth-order valence-corrected chi connectivity index (χ4v) is 2.71. The van der Waals surface area contributed by atoms with E-state index in [1.165, 1.54) is 6.92 Å². The van der Waals surface area contributed by atoms with Crippen LogP contribution in [0.15, 0.2) is 5.76 Å². The van der Waals surface area contributed by atoms with Crippen LogP contribution in [0, 0.1) is 6.92 Å². The molecule has 31 heavy (non-hydrogen) atoms. The highest BCUT2D eigenvalue weighted by Crippen LogP contribution is 2.36. The van der Waals surface area contributed by atoms with Gasteiger partial charge in [0.2, 0.25) is 5.76 Å². The highest BCUT2D eigenvalue weighted by atomic mass is 19.4. The van der Waals surface area contributed by atoms with E-state index in [1.807, 2.05) is 0 Å². The van der Waals surface area contributed by atoms with Crippen LogP contribution in [0.3, 0.4) is 0 Å². The summed E-state index contributed by atoms with van der Waals surface area (Å²) in [4.78, 5) is 47.3. The van der Waals surface area contributed by atoms with E-state index < -0.39 is 64.3 Å². The summed E-state index contributed by atoms with van der Waals surface area (Å²) < 4.78 is 85.5. The third-order valence-electron chi connectivity index (χ3n) is 3.81. The molecule has 14 heteroatoms. The number of nitrogens with zero attached hydrogens (tertiary/aromatic N) is 1. The second-order valence-electron chi connectivity index (χ2n) is 5.93. The van der Waals surface area contributed by atoms with E-state index >= 15 is 0 Å². The zero-order chi connectivity index (χ0) is 24.5. The summed E-state index contributed by atoms with van der Waals surface area (Å²) in [5, 5.41) is 9.60. The number of hydrogen-bond acceptors (Lipinski definition) is 7. The summed E-state index contributed by atoms with van der Waals surface area (Å²) >= 11 is 0. The number of hydrogen-bond donors (Lipinski definition) is 1. The van der Waals surface area contributed by atoms with E-state index in [0.29, 0.717) is 4.57 Å². The molecule has 0 amide bonds. The van der Waals surface area contributed by atoms with E-state index in [4.69, 9.17) is 0 Å². The number of ketones is 1. The van der Waals surface area contributed by atoms with Gasteiger partial charge in [-0.15, -0.1) is 0 Å². The van der Waals surface area contributed by atoms with Gasteiger partial charge in [-0.2, -0.15) is 26.3 Å². The molecule has 1 heterocycles. The van der Waals surface area contributed by atoms with Crippen molar-refractivity contribution in [1.29, 1.82) is 0 Å². The maximum absolute atomic E-state index is 13.2. The Bertz CT molecular complexity index is 969. The van der Waals surface area contributed by atoms with E-state index in [-0.39, 0.29) is 12.2 Å². The van der Waals surface area contributed by atoms with Crippen LogP contribution in [-0.4, -0.2) is 52.3 Å². The molecule has 0 unspecified atom stereocenters. The van der Waals surface area contributed by atoms with Crippen molar-refractivity contribution in [2.75, 3.05) is 6.61 Å². The lowest BCUT2D eigenvalue weighted by molar-refractivity contribution is -0.200. The minimum absolute atomic E-state index is 0.286. The second-order valence-corrected chi connectivity index (χ2v) is 5.93. The minimum Gasteiger partial charge on any atom is -0.504 e. The number of carbonyl (C=O) groups excluding carboxylic acids is 4. The van der Waals surface area contributed by atoms with Crippen molar-refractivity contribution in [3.63, 3.8) is 0 Å². The largest absolute Gasteiger partial charge is 0.504 e. The van der Waals surface area contributed by atoms with Gasteiger partial charge in [-0.25, -0.2) is 14.4 Å². The molecule has 0 aliphatic heterocycles. The first-order valence-electron chi connectivity index (χ1n) is 8.18. The number of Topliss-reactive ketones (excluding diaryl/α,β-unsaturated/α-hetero) is 1. The summed E-state index contributed by atoms with van der Waals surface area (Å²) in [6.07, 6.45) is -11.5. The number of rotatable bonds is 5. The number of aliphatic hydroxyl groups is 1. The molecule has 8 nitrogen and oxygen atoms in total. The van der Waals surface area contributed by atoms with E-state index in [0.717, 1.165) is 20.9 Å². The lowest BCUT2D eigenvalue weighted by atomic mass is 10.0. The monoisotopic (exact) mass is 459 g/mol. The van der Waals surface area contributed by atoms with Gasteiger partial charge in [0.25, 0.3) is 0 Å². The number of allylic oxidation sites excluding steroid dienone is 1. The van der Waals surface area contributed by atoms with Crippen molar-refractivity contribution in [3.8, 4) is 0 Å². The van der Waals surface area contributed by atoms with Gasteiger partial charge in [-0.1, -0.05) is 0 Å². The number of esters is 3. The number of carbonyl (C=O) groups is 4. The fraction of sp³-hybridized carbons (Fsp3) is 0.412. The highest BCUT2D eigenvalue weighted by Gasteiger charge is 2.47. The smallest absolute Gasteiger partial charge is 0.491 e. The number of aliphatic hydroxyl groups excluding tert-OH is 1. The quantitative estimate of drug-likeness (QED) is 0.180. The molecule has 0 atom stereocenters. The molecule has 1 aromatic heterocycles. The average molecular weight is 459 g/mol. The Morgan fingerprint density at radius 1 is 1.00 bits per heavy atom. The maximum Gasteiger partial charge on any atom is 0.491 e. The molecule has 0 aromatic carbocycles. The third kappa shape index (κ3) is 5.24. The molecule has 1 rings (SSSR count). The van der Waals surface area contributed by atoms with Gasteiger partial charge in [-0.05, 0) is 19.4 Å². The molecule has 0 saturated carbocycles. The number of ether oxygens (including phenoxy) is 2. The van der Waals surface area contributed by atoms with Crippen LogP contribution < -0.4 is 0 Å². The zero-order valence-electron chi connectivity index (χ0n) is 16.3. The van der Waals surface area contributed by atoms with Gasteiger partial charge in [-0.3, -0.25) is 4.79 Å². The lowest BCUT2D eigenvalue weighted by Gasteiger charge is -2.15. The molecule has 0 radical (unpaired) electrons. The summed E-state index contributed by atoms with van der Waals surface area (Å²) in [5.74, 6) is -10.6. The average Bonchev–Trinajstić information content (AvgIpc) is 2.84. The van der Waals surface area contributed by atoms with Crippen LogP contribution >= 0.6 is 0 Å². The normalized spacial score (nSPS) is 12.8. The predicted molar refractivity (Wildman–Crippen MR) is 88.9 cm³/mol. The molecule has 1 N–H and O–H groups in total. The predicted octanol–water partition coefficient (Wildman–Crippen LogP) is 3.18. The molecule has 0 fully saturated rings. The Hall–Kier alpha value is -3.32. The first-order chi connectivity index (χ1) is 14.0. The van der Waals surface area contributed by atoms with Gasteiger partial charge >= 0.3 is 30.3 Å². The van der Waals surface area contributed by atoms with Gasteiger partial charge in [0.1, 0.15) is 5.57 Å². The van der Waals surface area contributed by atoms with Crippen molar-refractivity contribution < 1.29 is 60.1 Å². The Morgan fingerprint density at radius 3 is 1.90 bits per heavy atom. The van der Waals surface area contributed by atoms with Gasteiger partial charge in [0.15, 0.2) is 5.78 Å². The number of halogens is 6. The third-order valence-corrected chi connectivity index (χ3v) is 3.81. The lowest BCUT2D eigenvalue weighted by Crippen LogP contribution is -2.30. The van der Waals surface area contributed by atoms with Crippen LogP contribution in [0.4, 0.5) is 26.3 Å². The molecule has 172 valence electrons. The molecular weight excluding hydrogens is 444 g/mol. The second kappa shape index (κ2) is 8.81. The summed E-state index contributed by atoms with van der Waals surface area (Å²) in [7, 11) is 0.907. The maximum atomic E-state index is 13.2. The fourth-order valence-electron chi connectivity index (χ4n) is 2.71. The van der Waals surface area contributed by atoms with E-state index in [2.05, 4.69) is 9.47 Å². The van der Waals surface area contributed by atoms with Gasteiger partial charge in [0, 0.05) is 14.0 Å². The molecule has 0 aliphatic rings. The van der Waals surface area contributed by atoms with Crippen molar-refractivity contribution in [2.24, 2.45) is 7.05 Å². The van der Waals surface area contributed by atoms with Crippen LogP contribution in [0.5, 0.6) is 0 Å². The van der Waals surface area contributed by atoms with E-state index in [1.54, 1.807) is 0 Å². The zero-order valence-corrected chi connectivity index (χ0v) is 16.3. The topological polar surface area (TPSA) is 112 Å². The van der Waals surface area contributed by atoms with Crippen molar-refractivity contribution in [1.82, 2.24) is 4.57 Å². The number of aromatic nitrogens is 1. The Balaban J connectivity index is 4.00. The standard InChI is InChI=1S/C17H15F6NO7/c1-5-30-13(27)8-6(2)10(7(3)25)24(4)11(8)9(12(26)16(18,19)20)14(28)31-15(29)17(21,22)23/h26H,5H2,1-4H3/b12-9+. The van der Waals surface area contributed by atoms with Gasteiger partial charge < -0.3 is 19.1 Å². The first kappa shape index (κ1) is 25.7. The Labute approximate surface area is 170 Å². The van der Waals surface area contributed by atoms with Crippen molar-refractivity contribution in [2.45, 2.75) is 33.1 Å². The number of alkyl halides is 6. The molecule has 0 saturated heterocycles. The SMILES string of the molecule is CCOC(=O)c1c(C)c(C(C)=O)n(C)c1/C(C(=O)OC(=O)C(F)(F)F)=C(\O)C(F)(F)F. The Morgan fingerprint density at radius 2 is 1.52 bits per heavy atom. The summed E-state index contributed by atoms with van der Waals surface area (Å²) in [6.45, 7) is 3.08. The van der Waals surface area contributed by atoms with E-state index in [9.17, 15) is 50.6 Å². The Kier molecular flexibility index (Phi) is 7.31. The summed E-state index contributed by atoms with van der Waals surface area (Å²) in [5.41, 5.74) is -4.65. The minimum atomic E-state index is -5.76. The first-order valence-corrected chi connectivity index (χ1v) is 8.18. The molecule has 0 bridgehead atoms. The van der Waals surface area contributed by atoms with Crippen LogP contribution in [0.25, 0.3) is 5.57 Å². The van der Waals surface area contributed by atoms with Crippen molar-refractivity contribution >= 4 is 29.3 Å². The van der Waals surface area contributed by atoms with Crippen molar-refractivity contribution in [3.05, 3.63) is 28.3 Å². The molecule has 0 aliphatic carbocycles. The van der Waals surface area contributed by atoms with Crippen LogP contribution in [0.1, 0.15) is 46.0 Å². The molecule has 1 aromatic rings. The van der Waals surface area contributed by atoms with Crippen LogP contribution in [-0.2, 0) is 26.1 Å².